The van der Waals surface area contributed by atoms with Crippen molar-refractivity contribution in [2.24, 2.45) is 0 Å². The number of rotatable bonds is 3. The van der Waals surface area contributed by atoms with Crippen LogP contribution in [0.25, 0.3) is 0 Å². The van der Waals surface area contributed by atoms with Gasteiger partial charge >= 0.3 is 6.18 Å². The zero-order valence-electron chi connectivity index (χ0n) is 11.0. The van der Waals surface area contributed by atoms with Gasteiger partial charge in [0.15, 0.2) is 0 Å². The predicted octanol–water partition coefficient (Wildman–Crippen LogP) is 3.61. The van der Waals surface area contributed by atoms with Gasteiger partial charge in [-0.3, -0.25) is 0 Å². The molecule has 6 heteroatoms. The van der Waals surface area contributed by atoms with Gasteiger partial charge in [-0.15, -0.1) is 0 Å². The molecule has 0 spiro atoms. The zero-order valence-corrected chi connectivity index (χ0v) is 11.8. The molecule has 0 saturated heterocycles. The first kappa shape index (κ1) is 14.9. The maximum absolute atomic E-state index is 13.4. The third-order valence-corrected chi connectivity index (χ3v) is 3.83. The van der Waals surface area contributed by atoms with Crippen LogP contribution in [-0.2, 0) is 5.60 Å². The van der Waals surface area contributed by atoms with Crippen molar-refractivity contribution < 1.29 is 18.3 Å². The molecule has 0 aliphatic carbocycles. The molecule has 1 aromatic heterocycles. The van der Waals surface area contributed by atoms with Crippen LogP contribution >= 0.6 is 11.3 Å². The molecule has 0 radical (unpaired) electrons. The van der Waals surface area contributed by atoms with Crippen molar-refractivity contribution >= 4 is 17.0 Å². The molecule has 1 heterocycles. The van der Waals surface area contributed by atoms with Gasteiger partial charge in [0.05, 0.1) is 0 Å². The maximum atomic E-state index is 13.4. The first-order valence-electron chi connectivity index (χ1n) is 5.86. The molecule has 1 N–H and O–H groups in total. The highest BCUT2D eigenvalue weighted by molar-refractivity contribution is 7.08. The molecule has 0 aliphatic heterocycles. The maximum Gasteiger partial charge on any atom is 0.425 e. The molecule has 108 valence electrons. The van der Waals surface area contributed by atoms with Crippen molar-refractivity contribution in [2.45, 2.75) is 11.8 Å². The van der Waals surface area contributed by atoms with Crippen LogP contribution in [0.3, 0.4) is 0 Å². The first-order valence-corrected chi connectivity index (χ1v) is 6.80. The quantitative estimate of drug-likeness (QED) is 0.936. The average molecular weight is 301 g/mol. The number of thiophene rings is 1. The topological polar surface area (TPSA) is 23.5 Å². The minimum Gasteiger partial charge on any atom is -0.378 e. The van der Waals surface area contributed by atoms with Crippen molar-refractivity contribution in [1.82, 2.24) is 0 Å². The number of anilines is 1. The van der Waals surface area contributed by atoms with Gasteiger partial charge in [0, 0.05) is 25.3 Å². The highest BCUT2D eigenvalue weighted by Crippen LogP contribution is 2.45. The Labute approximate surface area is 119 Å². The lowest BCUT2D eigenvalue weighted by molar-refractivity contribution is -0.248. The Morgan fingerprint density at radius 1 is 1.00 bits per heavy atom. The lowest BCUT2D eigenvalue weighted by Crippen LogP contribution is -2.43. The van der Waals surface area contributed by atoms with Crippen molar-refractivity contribution in [3.8, 4) is 0 Å². The Kier molecular flexibility index (Phi) is 3.80. The Morgan fingerprint density at radius 3 is 2.00 bits per heavy atom. The minimum absolute atomic E-state index is 0.160. The molecule has 2 rings (SSSR count). The largest absolute Gasteiger partial charge is 0.425 e. The summed E-state index contributed by atoms with van der Waals surface area (Å²) in [4.78, 5) is 1.78. The van der Waals surface area contributed by atoms with Gasteiger partial charge in [-0.25, -0.2) is 0 Å². The number of halogens is 3. The van der Waals surface area contributed by atoms with E-state index < -0.39 is 11.8 Å². The van der Waals surface area contributed by atoms with Gasteiger partial charge in [-0.1, -0.05) is 12.1 Å². The summed E-state index contributed by atoms with van der Waals surface area (Å²) in [5, 5.41) is 13.1. The third kappa shape index (κ3) is 2.41. The van der Waals surface area contributed by atoms with Crippen LogP contribution in [0.2, 0.25) is 0 Å². The minimum atomic E-state index is -4.78. The van der Waals surface area contributed by atoms with E-state index in [0.29, 0.717) is 0 Å². The van der Waals surface area contributed by atoms with Gasteiger partial charge in [0.2, 0.25) is 5.60 Å². The number of nitrogens with zero attached hydrogens (tertiary/aromatic N) is 1. The van der Waals surface area contributed by atoms with E-state index >= 15 is 0 Å². The fourth-order valence-electron chi connectivity index (χ4n) is 1.97. The second-order valence-corrected chi connectivity index (χ2v) is 5.44. The van der Waals surface area contributed by atoms with Crippen molar-refractivity contribution in [1.29, 1.82) is 0 Å². The number of benzene rings is 1. The average Bonchev–Trinajstić information content (AvgIpc) is 2.90. The molecule has 2 nitrogen and oxygen atoms in total. The molecular formula is C14H14F3NOS. The van der Waals surface area contributed by atoms with Crippen molar-refractivity contribution in [2.75, 3.05) is 19.0 Å². The fourth-order valence-corrected chi connectivity index (χ4v) is 2.66. The molecule has 0 fully saturated rings. The lowest BCUT2D eigenvalue weighted by Gasteiger charge is -2.30. The third-order valence-electron chi connectivity index (χ3n) is 3.15. The molecule has 1 aromatic carbocycles. The van der Waals surface area contributed by atoms with E-state index in [1.54, 1.807) is 31.1 Å². The van der Waals surface area contributed by atoms with Crippen LogP contribution in [0, 0.1) is 0 Å². The van der Waals surface area contributed by atoms with Crippen LogP contribution in [0.1, 0.15) is 11.1 Å². The summed E-state index contributed by atoms with van der Waals surface area (Å²) in [6.45, 7) is 0. The van der Waals surface area contributed by atoms with E-state index in [4.69, 9.17) is 0 Å². The highest BCUT2D eigenvalue weighted by Gasteiger charge is 2.56. The fraction of sp³-hybridized carbons (Fsp3) is 0.286. The van der Waals surface area contributed by atoms with E-state index in [1.807, 2.05) is 0 Å². The normalized spacial score (nSPS) is 14.9. The molecular weight excluding hydrogens is 287 g/mol. The number of alkyl halides is 3. The molecule has 1 unspecified atom stereocenters. The predicted molar refractivity (Wildman–Crippen MR) is 74.1 cm³/mol. The van der Waals surface area contributed by atoms with E-state index in [-0.39, 0.29) is 11.1 Å². The first-order chi connectivity index (χ1) is 9.26. The van der Waals surface area contributed by atoms with E-state index in [2.05, 4.69) is 0 Å². The van der Waals surface area contributed by atoms with Crippen molar-refractivity contribution in [3.63, 3.8) is 0 Å². The summed E-state index contributed by atoms with van der Waals surface area (Å²) in [5.41, 5.74) is -2.55. The number of aliphatic hydroxyl groups is 1. The van der Waals surface area contributed by atoms with Gasteiger partial charge < -0.3 is 10.0 Å². The summed E-state index contributed by atoms with van der Waals surface area (Å²) in [7, 11) is 3.59. The Hall–Kier alpha value is -1.53. The monoisotopic (exact) mass is 301 g/mol. The molecule has 0 aliphatic rings. The highest BCUT2D eigenvalue weighted by atomic mass is 32.1. The molecule has 1 atom stereocenters. The Morgan fingerprint density at radius 2 is 1.60 bits per heavy atom. The van der Waals surface area contributed by atoms with E-state index in [0.717, 1.165) is 17.0 Å². The van der Waals surface area contributed by atoms with E-state index in [9.17, 15) is 18.3 Å². The van der Waals surface area contributed by atoms with Crippen LogP contribution in [0.5, 0.6) is 0 Å². The Bertz CT molecular complexity index is 563. The lowest BCUT2D eigenvalue weighted by atomic mass is 9.87. The summed E-state index contributed by atoms with van der Waals surface area (Å²) in [5.74, 6) is 0. The molecule has 0 saturated carbocycles. The van der Waals surface area contributed by atoms with Crippen LogP contribution in [0.4, 0.5) is 18.9 Å². The zero-order chi connectivity index (χ0) is 15.0. The van der Waals surface area contributed by atoms with Crippen LogP contribution in [-0.4, -0.2) is 25.4 Å². The molecule has 20 heavy (non-hydrogen) atoms. The standard InChI is InChI=1S/C14H14F3NOS/c1-18(2)12-5-3-10(4-6-12)13(19,14(15,16)17)11-7-8-20-9-11/h3-9,19H,1-2H3. The van der Waals surface area contributed by atoms with E-state index in [1.165, 1.54) is 29.0 Å². The van der Waals surface area contributed by atoms with Crippen molar-refractivity contribution in [3.05, 3.63) is 52.2 Å². The van der Waals surface area contributed by atoms with Crippen LogP contribution in [0.15, 0.2) is 41.1 Å². The Balaban J connectivity index is 2.53. The number of hydrogen-bond acceptors (Lipinski definition) is 3. The second-order valence-electron chi connectivity index (χ2n) is 4.66. The van der Waals surface area contributed by atoms with Crippen LogP contribution < -0.4 is 4.90 Å². The summed E-state index contributed by atoms with van der Waals surface area (Å²) in [6.07, 6.45) is -4.78. The molecule has 0 bridgehead atoms. The molecule has 2 aromatic rings. The van der Waals surface area contributed by atoms with Gasteiger partial charge in [-0.05, 0) is 34.5 Å². The van der Waals surface area contributed by atoms with Gasteiger partial charge in [-0.2, -0.15) is 24.5 Å². The summed E-state index contributed by atoms with van der Waals surface area (Å²) < 4.78 is 40.1. The SMILES string of the molecule is CN(C)c1ccc(C(O)(c2ccsc2)C(F)(F)F)cc1. The van der Waals surface area contributed by atoms with Gasteiger partial charge in [0.25, 0.3) is 0 Å². The summed E-state index contributed by atoms with van der Waals surface area (Å²) in [6, 6.07) is 7.01. The van der Waals surface area contributed by atoms with Gasteiger partial charge in [0.1, 0.15) is 0 Å². The second kappa shape index (κ2) is 5.10. The number of hydrogen-bond donors (Lipinski definition) is 1. The summed E-state index contributed by atoms with van der Waals surface area (Å²) >= 11 is 1.12. The smallest absolute Gasteiger partial charge is 0.378 e. The molecule has 0 amide bonds.